The van der Waals surface area contributed by atoms with E-state index in [4.69, 9.17) is 16.9 Å². The highest BCUT2D eigenvalue weighted by atomic mass is 35.5. The van der Waals surface area contributed by atoms with E-state index in [-0.39, 0.29) is 23.7 Å². The van der Waals surface area contributed by atoms with Crippen molar-refractivity contribution in [1.82, 2.24) is 10.3 Å². The van der Waals surface area contributed by atoms with E-state index >= 15 is 0 Å². The quantitative estimate of drug-likeness (QED) is 0.905. The summed E-state index contributed by atoms with van der Waals surface area (Å²) in [7, 11) is 0. The van der Waals surface area contributed by atoms with Crippen molar-refractivity contribution in [2.45, 2.75) is 6.54 Å². The Labute approximate surface area is 113 Å². The summed E-state index contributed by atoms with van der Waals surface area (Å²) in [6.07, 6.45) is 1.56. The van der Waals surface area contributed by atoms with Gasteiger partial charge in [-0.1, -0.05) is 17.7 Å². The first-order valence-electron chi connectivity index (χ1n) is 5.41. The highest BCUT2D eigenvalue weighted by Crippen LogP contribution is 2.13. The van der Waals surface area contributed by atoms with Gasteiger partial charge in [0.05, 0.1) is 10.6 Å². The Hall–Kier alpha value is -2.32. The van der Waals surface area contributed by atoms with Crippen LogP contribution in [0.3, 0.4) is 0 Å². The van der Waals surface area contributed by atoms with Crippen LogP contribution in [0.25, 0.3) is 0 Å². The van der Waals surface area contributed by atoms with Crippen LogP contribution in [-0.4, -0.2) is 10.9 Å². The number of halogens is 2. The zero-order chi connectivity index (χ0) is 13.8. The lowest BCUT2D eigenvalue weighted by molar-refractivity contribution is 0.0946. The summed E-state index contributed by atoms with van der Waals surface area (Å²) >= 11 is 5.80. The Morgan fingerprint density at radius 1 is 1.47 bits per heavy atom. The Kier molecular flexibility index (Phi) is 3.83. The molecule has 0 aliphatic carbocycles. The van der Waals surface area contributed by atoms with E-state index in [0.717, 1.165) is 0 Å². The van der Waals surface area contributed by atoms with Crippen LogP contribution in [0.2, 0.25) is 5.02 Å². The third-order valence-corrected chi connectivity index (χ3v) is 2.84. The normalized spacial score (nSPS) is 9.95. The van der Waals surface area contributed by atoms with Gasteiger partial charge in [-0.05, 0) is 23.8 Å². The maximum atomic E-state index is 13.1. The third-order valence-electron chi connectivity index (χ3n) is 2.53. The number of aromatic amines is 1. The molecule has 0 atom stereocenters. The molecule has 0 saturated heterocycles. The van der Waals surface area contributed by atoms with Gasteiger partial charge in [-0.15, -0.1) is 0 Å². The molecule has 2 N–H and O–H groups in total. The van der Waals surface area contributed by atoms with Crippen LogP contribution in [0.4, 0.5) is 4.39 Å². The fourth-order valence-corrected chi connectivity index (χ4v) is 1.77. The highest BCUT2D eigenvalue weighted by Gasteiger charge is 2.11. The molecule has 1 heterocycles. The predicted octanol–water partition coefficient (Wildman–Crippen LogP) is 2.61. The molecule has 6 heteroatoms. The van der Waals surface area contributed by atoms with Gasteiger partial charge in [0.25, 0.3) is 5.91 Å². The van der Waals surface area contributed by atoms with E-state index in [9.17, 15) is 9.18 Å². The van der Waals surface area contributed by atoms with Gasteiger partial charge in [0, 0.05) is 12.7 Å². The second-order valence-corrected chi connectivity index (χ2v) is 4.22. The van der Waals surface area contributed by atoms with Crippen LogP contribution in [0.1, 0.15) is 21.6 Å². The van der Waals surface area contributed by atoms with E-state index < -0.39 is 5.82 Å². The number of aromatic nitrogens is 1. The molecule has 2 rings (SSSR count). The first-order valence-corrected chi connectivity index (χ1v) is 5.79. The van der Waals surface area contributed by atoms with Gasteiger partial charge >= 0.3 is 0 Å². The number of nitriles is 1. The summed E-state index contributed by atoms with van der Waals surface area (Å²) in [5, 5.41) is 11.7. The molecular formula is C13H9ClFN3O. The molecule has 1 amide bonds. The molecule has 0 spiro atoms. The first kappa shape index (κ1) is 13.1. The topological polar surface area (TPSA) is 68.7 Å². The number of carbonyl (C=O) groups is 1. The molecule has 0 fully saturated rings. The molecule has 0 saturated carbocycles. The number of hydrogen-bond acceptors (Lipinski definition) is 2. The van der Waals surface area contributed by atoms with Gasteiger partial charge in [-0.25, -0.2) is 4.39 Å². The molecule has 0 radical (unpaired) electrons. The third kappa shape index (κ3) is 2.92. The maximum Gasteiger partial charge on any atom is 0.269 e. The second kappa shape index (κ2) is 5.55. The summed E-state index contributed by atoms with van der Waals surface area (Å²) in [6.45, 7) is 0.184. The van der Waals surface area contributed by atoms with Crippen molar-refractivity contribution >= 4 is 17.5 Å². The average molecular weight is 278 g/mol. The largest absolute Gasteiger partial charge is 0.356 e. The molecule has 96 valence electrons. The summed E-state index contributed by atoms with van der Waals surface area (Å²) in [6, 6.07) is 7.41. The monoisotopic (exact) mass is 277 g/mol. The van der Waals surface area contributed by atoms with E-state index in [1.165, 1.54) is 18.2 Å². The number of carbonyl (C=O) groups excluding carboxylic acids is 1. The minimum Gasteiger partial charge on any atom is -0.356 e. The molecule has 0 unspecified atom stereocenters. The molecule has 19 heavy (non-hydrogen) atoms. The van der Waals surface area contributed by atoms with Gasteiger partial charge in [0.2, 0.25) is 0 Å². The van der Waals surface area contributed by atoms with Crippen LogP contribution in [0, 0.1) is 17.1 Å². The summed E-state index contributed by atoms with van der Waals surface area (Å²) < 4.78 is 13.1. The molecule has 1 aromatic heterocycles. The van der Waals surface area contributed by atoms with Gasteiger partial charge in [0.1, 0.15) is 17.6 Å². The number of nitrogens with zero attached hydrogens (tertiary/aromatic N) is 1. The molecular weight excluding hydrogens is 269 g/mol. The second-order valence-electron chi connectivity index (χ2n) is 3.81. The zero-order valence-corrected chi connectivity index (χ0v) is 10.5. The maximum absolute atomic E-state index is 13.1. The minimum absolute atomic E-state index is 0.0512. The van der Waals surface area contributed by atoms with Crippen molar-refractivity contribution < 1.29 is 9.18 Å². The Bertz CT molecular complexity index is 660. The number of rotatable bonds is 3. The van der Waals surface area contributed by atoms with Crippen molar-refractivity contribution in [2.75, 3.05) is 0 Å². The van der Waals surface area contributed by atoms with Gasteiger partial charge in [0.15, 0.2) is 0 Å². The van der Waals surface area contributed by atoms with Crippen LogP contribution in [0.5, 0.6) is 0 Å². The van der Waals surface area contributed by atoms with Crippen molar-refractivity contribution in [1.29, 1.82) is 5.26 Å². The van der Waals surface area contributed by atoms with Crippen LogP contribution >= 0.6 is 11.6 Å². The molecule has 0 aliphatic rings. The van der Waals surface area contributed by atoms with Crippen molar-refractivity contribution in [3.8, 4) is 6.07 Å². The van der Waals surface area contributed by atoms with Crippen LogP contribution in [0.15, 0.2) is 30.5 Å². The van der Waals surface area contributed by atoms with E-state index in [0.29, 0.717) is 10.6 Å². The zero-order valence-electron chi connectivity index (χ0n) is 9.71. The smallest absolute Gasteiger partial charge is 0.269 e. The van der Waals surface area contributed by atoms with Crippen molar-refractivity contribution in [3.05, 3.63) is 58.1 Å². The molecule has 0 bridgehead atoms. The Morgan fingerprint density at radius 2 is 2.26 bits per heavy atom. The Balaban J connectivity index is 2.06. The van der Waals surface area contributed by atoms with E-state index in [1.54, 1.807) is 18.3 Å². The van der Waals surface area contributed by atoms with Gasteiger partial charge < -0.3 is 10.3 Å². The number of benzene rings is 1. The standard InChI is InChI=1S/C13H9ClFN3O/c14-10-3-4-17-12(10)13(19)18-7-8-1-2-11(15)9(5-8)6-16/h1-5,17H,7H2,(H,18,19). The fraction of sp³-hybridized carbons (Fsp3) is 0.0769. The average Bonchev–Trinajstić information content (AvgIpc) is 2.83. The molecule has 1 aromatic carbocycles. The van der Waals surface area contributed by atoms with E-state index in [1.807, 2.05) is 0 Å². The van der Waals surface area contributed by atoms with Gasteiger partial charge in [-0.3, -0.25) is 4.79 Å². The number of nitrogens with one attached hydrogen (secondary N) is 2. The first-order chi connectivity index (χ1) is 9.11. The van der Waals surface area contributed by atoms with Crippen LogP contribution in [-0.2, 0) is 6.54 Å². The number of hydrogen-bond donors (Lipinski definition) is 2. The van der Waals surface area contributed by atoms with Crippen molar-refractivity contribution in [3.63, 3.8) is 0 Å². The lowest BCUT2D eigenvalue weighted by Gasteiger charge is -2.05. The molecule has 2 aromatic rings. The fourth-order valence-electron chi connectivity index (χ4n) is 1.56. The summed E-state index contributed by atoms with van der Waals surface area (Å²) in [5.74, 6) is -0.942. The SMILES string of the molecule is N#Cc1cc(CNC(=O)c2[nH]ccc2Cl)ccc1F. The number of amides is 1. The number of H-pyrrole nitrogens is 1. The molecule has 4 nitrogen and oxygen atoms in total. The lowest BCUT2D eigenvalue weighted by Crippen LogP contribution is -2.23. The van der Waals surface area contributed by atoms with E-state index in [2.05, 4.69) is 10.3 Å². The Morgan fingerprint density at radius 3 is 2.89 bits per heavy atom. The molecule has 0 aliphatic heterocycles. The van der Waals surface area contributed by atoms with Crippen molar-refractivity contribution in [2.24, 2.45) is 0 Å². The summed E-state index contributed by atoms with van der Waals surface area (Å²) in [5.41, 5.74) is 0.850. The highest BCUT2D eigenvalue weighted by molar-refractivity contribution is 6.33. The summed E-state index contributed by atoms with van der Waals surface area (Å²) in [4.78, 5) is 14.5. The van der Waals surface area contributed by atoms with Crippen LogP contribution < -0.4 is 5.32 Å². The predicted molar refractivity (Wildman–Crippen MR) is 68.1 cm³/mol. The minimum atomic E-state index is -0.579. The van der Waals surface area contributed by atoms with Gasteiger partial charge in [-0.2, -0.15) is 5.26 Å². The lowest BCUT2D eigenvalue weighted by atomic mass is 10.1.